The van der Waals surface area contributed by atoms with Gasteiger partial charge in [0.05, 0.1) is 19.1 Å². The van der Waals surface area contributed by atoms with Crippen molar-refractivity contribution in [1.82, 2.24) is 10.2 Å². The first kappa shape index (κ1) is 32.2. The summed E-state index contributed by atoms with van der Waals surface area (Å²) in [5.41, 5.74) is 2.25. The van der Waals surface area contributed by atoms with Gasteiger partial charge in [-0.3, -0.25) is 13.9 Å². The molecule has 0 spiro atoms. The molecule has 1 atom stereocenters. The molecule has 0 aliphatic rings. The maximum atomic E-state index is 14.2. The van der Waals surface area contributed by atoms with Gasteiger partial charge >= 0.3 is 0 Å². The lowest BCUT2D eigenvalue weighted by Crippen LogP contribution is -2.54. The number of ether oxygens (including phenoxy) is 1. The van der Waals surface area contributed by atoms with Gasteiger partial charge in [-0.15, -0.1) is 0 Å². The molecule has 0 aliphatic heterocycles. The van der Waals surface area contributed by atoms with Crippen molar-refractivity contribution in [2.45, 2.75) is 45.8 Å². The van der Waals surface area contributed by atoms with E-state index in [0.717, 1.165) is 21.7 Å². The lowest BCUT2D eigenvalue weighted by atomic mass is 10.0. The van der Waals surface area contributed by atoms with E-state index in [2.05, 4.69) is 5.32 Å². The summed E-state index contributed by atoms with van der Waals surface area (Å²) < 4.78 is 32.5. The Morgan fingerprint density at radius 3 is 2.17 bits per heavy atom. The van der Waals surface area contributed by atoms with Crippen molar-refractivity contribution in [3.05, 3.63) is 93.5 Å². The van der Waals surface area contributed by atoms with Crippen molar-refractivity contribution in [2.75, 3.05) is 24.2 Å². The molecule has 0 heterocycles. The van der Waals surface area contributed by atoms with Crippen LogP contribution in [0.3, 0.4) is 0 Å². The van der Waals surface area contributed by atoms with Gasteiger partial charge in [-0.25, -0.2) is 8.42 Å². The quantitative estimate of drug-likeness (QED) is 0.299. The number of sulfonamides is 1. The average molecular weight is 621 g/mol. The third kappa shape index (κ3) is 8.61. The SMILES string of the molecule is COc1ccc(C)cc1N(CC(=O)N(Cc1c(Cl)cccc1Cl)C(Cc1ccccc1)C(=O)NC(C)C)S(C)(=O)=O. The van der Waals surface area contributed by atoms with Crippen LogP contribution < -0.4 is 14.4 Å². The fourth-order valence-corrected chi connectivity index (χ4v) is 5.74. The fraction of sp³-hybridized carbons (Fsp3) is 0.333. The molecule has 0 saturated carbocycles. The number of aryl methyl sites for hydroxylation is 1. The first-order valence-electron chi connectivity index (χ1n) is 13.0. The molecule has 3 rings (SSSR count). The average Bonchev–Trinajstić information content (AvgIpc) is 2.90. The van der Waals surface area contributed by atoms with Crippen LogP contribution in [0.1, 0.15) is 30.5 Å². The highest BCUT2D eigenvalue weighted by Crippen LogP contribution is 2.32. The molecule has 220 valence electrons. The molecule has 8 nitrogen and oxygen atoms in total. The van der Waals surface area contributed by atoms with E-state index < -0.39 is 28.5 Å². The van der Waals surface area contributed by atoms with Crippen molar-refractivity contribution < 1.29 is 22.7 Å². The number of carbonyl (C=O) groups is 2. The van der Waals surface area contributed by atoms with E-state index >= 15 is 0 Å². The van der Waals surface area contributed by atoms with E-state index in [-0.39, 0.29) is 36.4 Å². The van der Waals surface area contributed by atoms with E-state index in [1.54, 1.807) is 36.4 Å². The van der Waals surface area contributed by atoms with Crippen LogP contribution in [0.15, 0.2) is 66.7 Å². The Balaban J connectivity index is 2.14. The van der Waals surface area contributed by atoms with Gasteiger partial charge < -0.3 is 15.0 Å². The van der Waals surface area contributed by atoms with Crippen molar-refractivity contribution in [3.63, 3.8) is 0 Å². The fourth-order valence-electron chi connectivity index (χ4n) is 4.38. The summed E-state index contributed by atoms with van der Waals surface area (Å²) >= 11 is 13.0. The highest BCUT2D eigenvalue weighted by Gasteiger charge is 2.34. The summed E-state index contributed by atoms with van der Waals surface area (Å²) in [5, 5.41) is 3.54. The van der Waals surface area contributed by atoms with Crippen LogP contribution in [0.25, 0.3) is 0 Å². The molecule has 3 aromatic carbocycles. The molecule has 0 radical (unpaired) electrons. The lowest BCUT2D eigenvalue weighted by molar-refractivity contribution is -0.140. The van der Waals surface area contributed by atoms with Crippen LogP contribution in [-0.4, -0.2) is 57.1 Å². The number of hydrogen-bond donors (Lipinski definition) is 1. The number of benzene rings is 3. The Labute approximate surface area is 252 Å². The zero-order chi connectivity index (χ0) is 30.3. The summed E-state index contributed by atoms with van der Waals surface area (Å²) in [5.74, 6) is -0.720. The van der Waals surface area contributed by atoms with Gasteiger partial charge in [-0.2, -0.15) is 0 Å². The van der Waals surface area contributed by atoms with Gasteiger partial charge in [0, 0.05) is 34.6 Å². The van der Waals surface area contributed by atoms with Crippen molar-refractivity contribution in [1.29, 1.82) is 0 Å². The maximum absolute atomic E-state index is 14.2. The van der Waals surface area contributed by atoms with Crippen LogP contribution in [-0.2, 0) is 32.6 Å². The minimum Gasteiger partial charge on any atom is -0.495 e. The number of halogens is 2. The smallest absolute Gasteiger partial charge is 0.244 e. The first-order chi connectivity index (χ1) is 19.3. The van der Waals surface area contributed by atoms with Crippen molar-refractivity contribution in [2.24, 2.45) is 0 Å². The van der Waals surface area contributed by atoms with Gasteiger partial charge in [0.15, 0.2) is 0 Å². The summed E-state index contributed by atoms with van der Waals surface area (Å²) in [4.78, 5) is 29.2. The maximum Gasteiger partial charge on any atom is 0.244 e. The highest BCUT2D eigenvalue weighted by atomic mass is 35.5. The number of carbonyl (C=O) groups excluding carboxylic acids is 2. The normalized spacial score (nSPS) is 12.1. The predicted molar refractivity (Wildman–Crippen MR) is 164 cm³/mol. The Morgan fingerprint density at radius 1 is 0.976 bits per heavy atom. The van der Waals surface area contributed by atoms with Crippen LogP contribution in [0.4, 0.5) is 5.69 Å². The second-order valence-corrected chi connectivity index (χ2v) is 12.8. The Hall–Kier alpha value is -3.27. The minimum atomic E-state index is -3.96. The Kier molecular flexibility index (Phi) is 11.1. The Bertz CT molecular complexity index is 1460. The van der Waals surface area contributed by atoms with Gasteiger partial charge in [0.1, 0.15) is 18.3 Å². The lowest BCUT2D eigenvalue weighted by Gasteiger charge is -2.34. The zero-order valence-electron chi connectivity index (χ0n) is 23.7. The number of hydrogen-bond acceptors (Lipinski definition) is 5. The first-order valence-corrected chi connectivity index (χ1v) is 15.6. The van der Waals surface area contributed by atoms with Crippen molar-refractivity contribution >= 4 is 50.7 Å². The zero-order valence-corrected chi connectivity index (χ0v) is 26.1. The van der Waals surface area contributed by atoms with E-state index in [1.165, 1.54) is 12.0 Å². The van der Waals surface area contributed by atoms with E-state index in [0.29, 0.717) is 15.6 Å². The Morgan fingerprint density at radius 2 is 1.61 bits per heavy atom. The number of nitrogens with one attached hydrogen (secondary N) is 1. The number of rotatable bonds is 12. The standard InChI is InChI=1S/C30H35Cl2N3O5S/c1-20(2)33-30(37)27(17-22-10-7-6-8-11-22)34(18-23-24(31)12-9-13-25(23)32)29(36)19-35(41(5,38)39)26-16-21(3)14-15-28(26)40-4/h6-16,20,27H,17-19H2,1-5H3,(H,33,37). The van der Waals surface area contributed by atoms with Gasteiger partial charge in [0.2, 0.25) is 21.8 Å². The molecule has 41 heavy (non-hydrogen) atoms. The molecule has 11 heteroatoms. The second kappa shape index (κ2) is 14.1. The molecule has 0 aromatic heterocycles. The molecule has 0 saturated heterocycles. The van der Waals surface area contributed by atoms with Crippen LogP contribution in [0.2, 0.25) is 10.0 Å². The molecule has 3 aromatic rings. The number of nitrogens with zero attached hydrogens (tertiary/aromatic N) is 2. The predicted octanol–water partition coefficient (Wildman–Crippen LogP) is 5.24. The van der Waals surface area contributed by atoms with Crippen LogP contribution >= 0.6 is 23.2 Å². The van der Waals surface area contributed by atoms with Gasteiger partial charge in [-0.1, -0.05) is 65.7 Å². The highest BCUT2D eigenvalue weighted by molar-refractivity contribution is 7.92. The van der Waals surface area contributed by atoms with Gasteiger partial charge in [-0.05, 0) is 56.2 Å². The third-order valence-electron chi connectivity index (χ3n) is 6.37. The summed E-state index contributed by atoms with van der Waals surface area (Å²) in [6.45, 7) is 4.75. The molecule has 0 bridgehead atoms. The molecule has 0 aliphatic carbocycles. The molecule has 0 fully saturated rings. The topological polar surface area (TPSA) is 96.0 Å². The second-order valence-electron chi connectivity index (χ2n) is 10.0. The van der Waals surface area contributed by atoms with Crippen LogP contribution in [0.5, 0.6) is 5.75 Å². The van der Waals surface area contributed by atoms with Crippen molar-refractivity contribution in [3.8, 4) is 5.75 Å². The number of anilines is 1. The van der Waals surface area contributed by atoms with E-state index in [4.69, 9.17) is 27.9 Å². The summed E-state index contributed by atoms with van der Waals surface area (Å²) in [6, 6.07) is 18.1. The van der Waals surface area contributed by atoms with Crippen LogP contribution in [0, 0.1) is 6.92 Å². The summed E-state index contributed by atoms with van der Waals surface area (Å²) in [6.07, 6.45) is 1.20. The third-order valence-corrected chi connectivity index (χ3v) is 8.21. The number of methoxy groups -OCH3 is 1. The monoisotopic (exact) mass is 619 g/mol. The van der Waals surface area contributed by atoms with Gasteiger partial charge in [0.25, 0.3) is 0 Å². The molecule has 1 N–H and O–H groups in total. The molecule has 1 unspecified atom stereocenters. The van der Waals surface area contributed by atoms with E-state index in [1.807, 2.05) is 51.1 Å². The van der Waals surface area contributed by atoms with E-state index in [9.17, 15) is 18.0 Å². The molecule has 2 amide bonds. The minimum absolute atomic E-state index is 0.122. The number of amides is 2. The molecular weight excluding hydrogens is 585 g/mol. The summed E-state index contributed by atoms with van der Waals surface area (Å²) in [7, 11) is -2.53. The molecular formula is C30H35Cl2N3O5S. The largest absolute Gasteiger partial charge is 0.495 e.